The van der Waals surface area contributed by atoms with Gasteiger partial charge in [0.2, 0.25) is 5.91 Å². The zero-order valence-electron chi connectivity index (χ0n) is 10.4. The molecule has 0 aromatic rings. The summed E-state index contributed by atoms with van der Waals surface area (Å²) in [4.78, 5) is 15.7. The minimum atomic E-state index is -0.0178. The monoisotopic (exact) mass is 243 g/mol. The Labute approximate surface area is 102 Å². The third-order valence-corrected chi connectivity index (χ3v) is 3.25. The first kappa shape index (κ1) is 13.4. The average Bonchev–Trinajstić information content (AvgIpc) is 2.12. The van der Waals surface area contributed by atoms with E-state index in [2.05, 4.69) is 29.5 Å². The summed E-state index contributed by atoms with van der Waals surface area (Å²) >= 11 is 1.71. The lowest BCUT2D eigenvalue weighted by molar-refractivity contribution is -0.120. The zero-order valence-corrected chi connectivity index (χ0v) is 11.2. The van der Waals surface area contributed by atoms with E-state index < -0.39 is 0 Å². The van der Waals surface area contributed by atoms with Crippen molar-refractivity contribution >= 4 is 22.8 Å². The Hall–Kier alpha value is -0.710. The Bertz CT molecular complexity index is 266. The Balaban J connectivity index is 2.41. The molecule has 5 heteroatoms. The van der Waals surface area contributed by atoms with Crippen LogP contribution in [0.15, 0.2) is 4.99 Å². The summed E-state index contributed by atoms with van der Waals surface area (Å²) in [5.74, 6) is -0.0178. The van der Waals surface area contributed by atoms with Crippen molar-refractivity contribution < 1.29 is 4.79 Å². The molecule has 0 spiro atoms. The number of rotatable bonds is 3. The molecule has 0 radical (unpaired) electrons. The Morgan fingerprint density at radius 1 is 1.62 bits per heavy atom. The third-order valence-electron chi connectivity index (χ3n) is 2.18. The maximum atomic E-state index is 11.4. The van der Waals surface area contributed by atoms with E-state index in [0.29, 0.717) is 11.3 Å². The normalized spacial score (nSPS) is 27.9. The van der Waals surface area contributed by atoms with E-state index in [1.807, 2.05) is 13.8 Å². The number of thioether (sulfide) groups is 1. The molecule has 0 bridgehead atoms. The molecule has 1 amide bonds. The predicted molar refractivity (Wildman–Crippen MR) is 69.8 cm³/mol. The molecule has 1 rings (SSSR count). The van der Waals surface area contributed by atoms with Gasteiger partial charge in [0.15, 0.2) is 5.17 Å². The summed E-state index contributed by atoms with van der Waals surface area (Å²) in [7, 11) is 0. The fourth-order valence-corrected chi connectivity index (χ4v) is 2.81. The topological polar surface area (TPSA) is 53.5 Å². The predicted octanol–water partition coefficient (Wildman–Crippen LogP) is 1.37. The number of nitrogens with one attached hydrogen (secondary N) is 2. The minimum Gasteiger partial charge on any atom is -0.362 e. The van der Waals surface area contributed by atoms with Crippen molar-refractivity contribution in [3.05, 3.63) is 0 Å². The standard InChI is InChI=1S/C11H21N3OS/c1-7(2)13-10(15)6-12-11-14-8(3)5-9(4)16-11/h7-9H,5-6H2,1-4H3,(H,12,14)(H,13,15). The van der Waals surface area contributed by atoms with Crippen LogP contribution in [0.3, 0.4) is 0 Å². The van der Waals surface area contributed by atoms with E-state index in [0.717, 1.165) is 11.6 Å². The molecule has 2 N–H and O–H groups in total. The molecule has 4 nitrogen and oxygen atoms in total. The number of hydrogen-bond donors (Lipinski definition) is 2. The summed E-state index contributed by atoms with van der Waals surface area (Å²) in [6.07, 6.45) is 1.14. The number of hydrogen-bond acceptors (Lipinski definition) is 3. The maximum Gasteiger partial charge on any atom is 0.241 e. The number of nitrogens with zero attached hydrogens (tertiary/aromatic N) is 1. The van der Waals surface area contributed by atoms with Gasteiger partial charge < -0.3 is 10.6 Å². The summed E-state index contributed by atoms with van der Waals surface area (Å²) in [6, 6.07) is 0.626. The molecular weight excluding hydrogens is 222 g/mol. The fraction of sp³-hybridized carbons (Fsp3) is 0.818. The second-order valence-electron chi connectivity index (χ2n) is 4.55. The van der Waals surface area contributed by atoms with Crippen molar-refractivity contribution in [3.63, 3.8) is 0 Å². The van der Waals surface area contributed by atoms with Gasteiger partial charge >= 0.3 is 0 Å². The van der Waals surface area contributed by atoms with E-state index in [9.17, 15) is 4.79 Å². The van der Waals surface area contributed by atoms with E-state index in [1.54, 1.807) is 11.8 Å². The highest BCUT2D eigenvalue weighted by molar-refractivity contribution is 8.14. The maximum absolute atomic E-state index is 11.4. The molecule has 0 saturated carbocycles. The number of amides is 1. The summed E-state index contributed by atoms with van der Waals surface area (Å²) in [5.41, 5.74) is 0. The Morgan fingerprint density at radius 3 is 2.88 bits per heavy atom. The van der Waals surface area contributed by atoms with Gasteiger partial charge in [0.05, 0.1) is 0 Å². The van der Waals surface area contributed by atoms with E-state index in [1.165, 1.54) is 0 Å². The van der Waals surface area contributed by atoms with Gasteiger partial charge in [-0.1, -0.05) is 18.7 Å². The lowest BCUT2D eigenvalue weighted by Gasteiger charge is -2.26. The van der Waals surface area contributed by atoms with Gasteiger partial charge in [-0.25, -0.2) is 0 Å². The highest BCUT2D eigenvalue weighted by atomic mass is 32.2. The van der Waals surface area contributed by atoms with Crippen LogP contribution >= 0.6 is 11.8 Å². The summed E-state index contributed by atoms with van der Waals surface area (Å²) < 4.78 is 0. The van der Waals surface area contributed by atoms with Gasteiger partial charge in [-0.05, 0) is 27.2 Å². The van der Waals surface area contributed by atoms with Crippen LogP contribution in [-0.2, 0) is 4.79 Å². The number of carbonyl (C=O) groups excluding carboxylic acids is 1. The third kappa shape index (κ3) is 4.88. The molecule has 1 saturated heterocycles. The van der Waals surface area contributed by atoms with Gasteiger partial charge in [0, 0.05) is 17.3 Å². The number of aliphatic imine (C=N–C) groups is 1. The molecule has 0 aromatic heterocycles. The largest absolute Gasteiger partial charge is 0.362 e. The van der Waals surface area contributed by atoms with E-state index in [4.69, 9.17) is 0 Å². The van der Waals surface area contributed by atoms with Crippen molar-refractivity contribution in [2.45, 2.75) is 51.4 Å². The minimum absolute atomic E-state index is 0.0178. The molecule has 0 aliphatic carbocycles. The van der Waals surface area contributed by atoms with E-state index >= 15 is 0 Å². The molecule has 0 aromatic carbocycles. The molecular formula is C11H21N3OS. The van der Waals surface area contributed by atoms with Crippen LogP contribution in [0.2, 0.25) is 0 Å². The van der Waals surface area contributed by atoms with Gasteiger partial charge in [0.25, 0.3) is 0 Å². The molecule has 1 fully saturated rings. The van der Waals surface area contributed by atoms with Crippen molar-refractivity contribution in [2.75, 3.05) is 6.54 Å². The van der Waals surface area contributed by atoms with Crippen LogP contribution in [0.25, 0.3) is 0 Å². The lowest BCUT2D eigenvalue weighted by atomic mass is 10.2. The second-order valence-corrected chi connectivity index (χ2v) is 5.98. The van der Waals surface area contributed by atoms with Gasteiger partial charge in [-0.2, -0.15) is 0 Å². The second kappa shape index (κ2) is 6.13. The number of carbonyl (C=O) groups is 1. The first-order valence-electron chi connectivity index (χ1n) is 5.74. The highest BCUT2D eigenvalue weighted by Crippen LogP contribution is 2.21. The first-order chi connectivity index (χ1) is 7.47. The van der Waals surface area contributed by atoms with Crippen molar-refractivity contribution in [1.82, 2.24) is 10.6 Å². The molecule has 92 valence electrons. The van der Waals surface area contributed by atoms with Gasteiger partial charge in [-0.3, -0.25) is 9.79 Å². The van der Waals surface area contributed by atoms with Crippen LogP contribution in [0.5, 0.6) is 0 Å². The lowest BCUT2D eigenvalue weighted by Crippen LogP contribution is -2.39. The Morgan fingerprint density at radius 2 is 2.31 bits per heavy atom. The van der Waals surface area contributed by atoms with Crippen molar-refractivity contribution in [3.8, 4) is 0 Å². The average molecular weight is 243 g/mol. The van der Waals surface area contributed by atoms with Crippen LogP contribution in [0.4, 0.5) is 0 Å². The van der Waals surface area contributed by atoms with Crippen molar-refractivity contribution in [2.24, 2.45) is 4.99 Å². The van der Waals surface area contributed by atoms with Crippen LogP contribution in [0.1, 0.15) is 34.1 Å². The quantitative estimate of drug-likeness (QED) is 0.787. The highest BCUT2D eigenvalue weighted by Gasteiger charge is 2.19. The SMILES string of the molecule is CC(C)NC(=O)CN=C1NC(C)CC(C)S1. The summed E-state index contributed by atoms with van der Waals surface area (Å²) in [5, 5.41) is 7.58. The molecule has 2 atom stereocenters. The molecule has 1 aliphatic heterocycles. The zero-order chi connectivity index (χ0) is 12.1. The molecule has 1 heterocycles. The molecule has 2 unspecified atom stereocenters. The van der Waals surface area contributed by atoms with Crippen LogP contribution < -0.4 is 10.6 Å². The number of amidine groups is 1. The smallest absolute Gasteiger partial charge is 0.241 e. The summed E-state index contributed by atoms with van der Waals surface area (Å²) in [6.45, 7) is 8.43. The van der Waals surface area contributed by atoms with Gasteiger partial charge in [-0.15, -0.1) is 0 Å². The van der Waals surface area contributed by atoms with Crippen molar-refractivity contribution in [1.29, 1.82) is 0 Å². The van der Waals surface area contributed by atoms with E-state index in [-0.39, 0.29) is 18.5 Å². The Kier molecular flexibility index (Phi) is 5.12. The first-order valence-corrected chi connectivity index (χ1v) is 6.62. The van der Waals surface area contributed by atoms with Gasteiger partial charge in [0.1, 0.15) is 6.54 Å². The molecule has 1 aliphatic rings. The van der Waals surface area contributed by atoms with Crippen LogP contribution in [0, 0.1) is 0 Å². The fourth-order valence-electron chi connectivity index (χ4n) is 1.63. The van der Waals surface area contributed by atoms with Crippen LogP contribution in [-0.4, -0.2) is 35.0 Å². The molecule has 16 heavy (non-hydrogen) atoms.